The lowest BCUT2D eigenvalue weighted by Crippen LogP contribution is -2.28. The van der Waals surface area contributed by atoms with Crippen molar-refractivity contribution in [1.29, 1.82) is 0 Å². The number of fused-ring (bicyclic) bond motifs is 1. The SMILES string of the molecule is Cc1ccc(S(=O)(=O)N2CCC3=C([Si](C)(C)C)C(=O)C=C32)cc1. The first-order valence-corrected chi connectivity index (χ1v) is 12.7. The van der Waals surface area contributed by atoms with Gasteiger partial charge in [0.15, 0.2) is 5.78 Å². The molecule has 122 valence electrons. The molecule has 23 heavy (non-hydrogen) atoms. The summed E-state index contributed by atoms with van der Waals surface area (Å²) in [5, 5.41) is 0.883. The van der Waals surface area contributed by atoms with Gasteiger partial charge in [0.1, 0.15) is 0 Å². The van der Waals surface area contributed by atoms with Crippen LogP contribution in [-0.2, 0) is 14.8 Å². The van der Waals surface area contributed by atoms with Crippen LogP contribution in [0.2, 0.25) is 19.6 Å². The zero-order chi connectivity index (χ0) is 17.0. The normalized spacial score (nSPS) is 18.5. The lowest BCUT2D eigenvalue weighted by Gasteiger charge is -2.19. The Morgan fingerprint density at radius 2 is 1.70 bits per heavy atom. The molecule has 0 N–H and O–H groups in total. The zero-order valence-electron chi connectivity index (χ0n) is 13.9. The van der Waals surface area contributed by atoms with E-state index in [9.17, 15) is 13.2 Å². The van der Waals surface area contributed by atoms with Crippen LogP contribution in [0, 0.1) is 6.92 Å². The van der Waals surface area contributed by atoms with Gasteiger partial charge < -0.3 is 0 Å². The zero-order valence-corrected chi connectivity index (χ0v) is 15.7. The first kappa shape index (κ1) is 16.2. The predicted octanol–water partition coefficient (Wildman–Crippen LogP) is 3.03. The van der Waals surface area contributed by atoms with Crippen molar-refractivity contribution in [2.75, 3.05) is 6.54 Å². The molecule has 4 nitrogen and oxygen atoms in total. The van der Waals surface area contributed by atoms with E-state index in [1.54, 1.807) is 24.3 Å². The van der Waals surface area contributed by atoms with Crippen LogP contribution in [0.25, 0.3) is 0 Å². The largest absolute Gasteiger partial charge is 0.290 e. The van der Waals surface area contributed by atoms with Crippen LogP contribution in [0.5, 0.6) is 0 Å². The lowest BCUT2D eigenvalue weighted by molar-refractivity contribution is -0.110. The third-order valence-corrected chi connectivity index (χ3v) is 8.19. The maximum Gasteiger partial charge on any atom is 0.264 e. The third kappa shape index (κ3) is 2.59. The molecular formula is C17H21NO3SSi. The number of hydrogen-bond donors (Lipinski definition) is 0. The molecule has 0 aromatic heterocycles. The highest BCUT2D eigenvalue weighted by Crippen LogP contribution is 2.41. The van der Waals surface area contributed by atoms with Gasteiger partial charge in [-0.2, -0.15) is 0 Å². The van der Waals surface area contributed by atoms with E-state index in [-0.39, 0.29) is 10.7 Å². The number of benzene rings is 1. The van der Waals surface area contributed by atoms with Gasteiger partial charge in [-0.05, 0) is 36.2 Å². The smallest absolute Gasteiger partial charge is 0.264 e. The molecule has 1 aromatic carbocycles. The third-order valence-electron chi connectivity index (χ3n) is 4.32. The summed E-state index contributed by atoms with van der Waals surface area (Å²) in [7, 11) is -5.40. The Bertz CT molecular complexity index is 843. The number of sulfonamides is 1. The van der Waals surface area contributed by atoms with E-state index in [1.807, 2.05) is 6.92 Å². The molecule has 0 unspecified atom stereocenters. The number of ketones is 1. The Balaban J connectivity index is 2.05. The summed E-state index contributed by atoms with van der Waals surface area (Å²) in [6.45, 7) is 8.72. The molecule has 3 rings (SSSR count). The van der Waals surface area contributed by atoms with E-state index in [2.05, 4.69) is 19.6 Å². The summed E-state index contributed by atoms with van der Waals surface area (Å²) >= 11 is 0. The molecule has 0 radical (unpaired) electrons. The predicted molar refractivity (Wildman–Crippen MR) is 93.1 cm³/mol. The average molecular weight is 348 g/mol. The summed E-state index contributed by atoms with van der Waals surface area (Å²) in [6, 6.07) is 6.84. The number of nitrogens with zero attached hydrogens (tertiary/aromatic N) is 1. The Kier molecular flexibility index (Phi) is 3.65. The first-order valence-electron chi connectivity index (χ1n) is 7.72. The summed E-state index contributed by atoms with van der Waals surface area (Å²) < 4.78 is 27.2. The number of carbonyl (C=O) groups is 1. The van der Waals surface area contributed by atoms with Crippen molar-refractivity contribution in [3.05, 3.63) is 52.4 Å². The van der Waals surface area contributed by atoms with Gasteiger partial charge in [-0.3, -0.25) is 9.10 Å². The fourth-order valence-corrected chi connectivity index (χ4v) is 6.74. The highest BCUT2D eigenvalue weighted by atomic mass is 32.2. The van der Waals surface area contributed by atoms with E-state index >= 15 is 0 Å². The molecule has 1 saturated heterocycles. The van der Waals surface area contributed by atoms with E-state index < -0.39 is 18.1 Å². The van der Waals surface area contributed by atoms with Crippen LogP contribution in [0.4, 0.5) is 0 Å². The monoisotopic (exact) mass is 347 g/mol. The van der Waals surface area contributed by atoms with Gasteiger partial charge in [-0.15, -0.1) is 0 Å². The standard InChI is InChI=1S/C17H21NO3SSi/c1-12-5-7-13(8-6-12)22(20,21)18-10-9-14-15(18)11-16(19)17(14)23(2,3)4/h5-8,11H,9-10H2,1-4H3. The number of hydrogen-bond acceptors (Lipinski definition) is 3. The van der Waals surface area contributed by atoms with Crippen LogP contribution in [0.3, 0.4) is 0 Å². The molecule has 1 aliphatic carbocycles. The van der Waals surface area contributed by atoms with Crippen LogP contribution in [0.1, 0.15) is 12.0 Å². The number of allylic oxidation sites excluding steroid dienone is 3. The molecule has 0 spiro atoms. The van der Waals surface area contributed by atoms with Crippen molar-refractivity contribution in [2.24, 2.45) is 0 Å². The molecular weight excluding hydrogens is 326 g/mol. The van der Waals surface area contributed by atoms with E-state index in [1.165, 1.54) is 10.4 Å². The Morgan fingerprint density at radius 3 is 2.26 bits per heavy atom. The van der Waals surface area contributed by atoms with Crippen molar-refractivity contribution in [3.8, 4) is 0 Å². The van der Waals surface area contributed by atoms with Gasteiger partial charge in [0.05, 0.1) is 18.7 Å². The van der Waals surface area contributed by atoms with Crippen LogP contribution in [-0.4, -0.2) is 33.1 Å². The van der Waals surface area contributed by atoms with E-state index in [4.69, 9.17) is 0 Å². The molecule has 1 aromatic rings. The van der Waals surface area contributed by atoms with Crippen molar-refractivity contribution in [2.45, 2.75) is 37.9 Å². The van der Waals surface area contributed by atoms with Crippen LogP contribution < -0.4 is 0 Å². The molecule has 2 aliphatic rings. The van der Waals surface area contributed by atoms with E-state index in [0.717, 1.165) is 16.3 Å². The van der Waals surface area contributed by atoms with Gasteiger partial charge in [0.25, 0.3) is 10.0 Å². The second-order valence-corrected chi connectivity index (χ2v) is 14.0. The van der Waals surface area contributed by atoms with Crippen LogP contribution >= 0.6 is 0 Å². The van der Waals surface area contributed by atoms with Gasteiger partial charge in [0.2, 0.25) is 0 Å². The highest BCUT2D eigenvalue weighted by molar-refractivity contribution is 7.89. The van der Waals surface area contributed by atoms with Gasteiger partial charge in [-0.1, -0.05) is 37.3 Å². The fourth-order valence-electron chi connectivity index (χ4n) is 3.28. The fraction of sp³-hybridized carbons (Fsp3) is 0.353. The van der Waals surface area contributed by atoms with Gasteiger partial charge >= 0.3 is 0 Å². The van der Waals surface area contributed by atoms with Crippen LogP contribution in [0.15, 0.2) is 51.7 Å². The Hall–Kier alpha value is -1.66. The molecule has 6 heteroatoms. The molecule has 0 bridgehead atoms. The number of carbonyl (C=O) groups excluding carboxylic acids is 1. The number of aryl methyl sites for hydroxylation is 1. The molecule has 1 aliphatic heterocycles. The Labute approximate surface area is 138 Å². The topological polar surface area (TPSA) is 54.5 Å². The quantitative estimate of drug-likeness (QED) is 0.790. The minimum atomic E-state index is -3.61. The van der Waals surface area contributed by atoms with Crippen molar-refractivity contribution in [1.82, 2.24) is 4.31 Å². The molecule has 1 fully saturated rings. The van der Waals surface area contributed by atoms with Gasteiger partial charge in [0, 0.05) is 12.6 Å². The lowest BCUT2D eigenvalue weighted by atomic mass is 10.2. The first-order chi connectivity index (χ1) is 10.6. The summed E-state index contributed by atoms with van der Waals surface area (Å²) in [5.41, 5.74) is 2.56. The minimum Gasteiger partial charge on any atom is -0.290 e. The van der Waals surface area contributed by atoms with Crippen molar-refractivity contribution >= 4 is 23.9 Å². The van der Waals surface area contributed by atoms with Gasteiger partial charge in [-0.25, -0.2) is 8.42 Å². The van der Waals surface area contributed by atoms with Crippen molar-refractivity contribution in [3.63, 3.8) is 0 Å². The highest BCUT2D eigenvalue weighted by Gasteiger charge is 2.42. The van der Waals surface area contributed by atoms with E-state index in [0.29, 0.717) is 18.7 Å². The summed E-state index contributed by atoms with van der Waals surface area (Å²) in [4.78, 5) is 12.6. The van der Waals surface area contributed by atoms with Crippen molar-refractivity contribution < 1.29 is 13.2 Å². The minimum absolute atomic E-state index is 0.00188. The average Bonchev–Trinajstić information content (AvgIpc) is 2.95. The maximum absolute atomic E-state index is 12.9. The number of rotatable bonds is 3. The molecule has 0 saturated carbocycles. The molecule has 1 heterocycles. The Morgan fingerprint density at radius 1 is 1.09 bits per heavy atom. The molecule has 0 amide bonds. The maximum atomic E-state index is 12.9. The second-order valence-electron chi connectivity index (χ2n) is 7.14. The summed E-state index contributed by atoms with van der Waals surface area (Å²) in [6.07, 6.45) is 2.14. The molecule has 0 atom stereocenters. The summed E-state index contributed by atoms with van der Waals surface area (Å²) in [5.74, 6) is -0.00188. The second kappa shape index (κ2) is 5.17.